The van der Waals surface area contributed by atoms with Crippen LogP contribution in [0.5, 0.6) is 0 Å². The highest BCUT2D eigenvalue weighted by atomic mass is 35.5. The molecule has 3 aromatic rings. The summed E-state index contributed by atoms with van der Waals surface area (Å²) in [6.45, 7) is 3.00. The summed E-state index contributed by atoms with van der Waals surface area (Å²) in [7, 11) is 0. The van der Waals surface area contributed by atoms with E-state index in [4.69, 9.17) is 11.6 Å². The molecule has 3 amide bonds. The molecule has 1 aliphatic heterocycles. The lowest BCUT2D eigenvalue weighted by Crippen LogP contribution is -2.43. The van der Waals surface area contributed by atoms with Crippen molar-refractivity contribution in [3.05, 3.63) is 101 Å². The molecule has 1 fully saturated rings. The molecular formula is C28H28ClN3O3. The van der Waals surface area contributed by atoms with Gasteiger partial charge in [-0.1, -0.05) is 41.9 Å². The molecule has 0 spiro atoms. The summed E-state index contributed by atoms with van der Waals surface area (Å²) in [4.78, 5) is 39.8. The second-order valence-electron chi connectivity index (χ2n) is 8.75. The molecule has 0 aromatic heterocycles. The van der Waals surface area contributed by atoms with Gasteiger partial charge in [-0.15, -0.1) is 0 Å². The number of anilines is 1. The van der Waals surface area contributed by atoms with Crippen molar-refractivity contribution in [1.82, 2.24) is 10.2 Å². The van der Waals surface area contributed by atoms with Gasteiger partial charge in [0, 0.05) is 40.8 Å². The smallest absolute Gasteiger partial charge is 0.255 e. The van der Waals surface area contributed by atoms with Gasteiger partial charge in [-0.05, 0) is 73.9 Å². The fourth-order valence-electron chi connectivity index (χ4n) is 4.21. The zero-order chi connectivity index (χ0) is 24.8. The predicted octanol–water partition coefficient (Wildman–Crippen LogP) is 5.32. The third-order valence-corrected chi connectivity index (χ3v) is 6.54. The van der Waals surface area contributed by atoms with Gasteiger partial charge in [0.05, 0.1) is 6.04 Å². The maximum Gasteiger partial charge on any atom is 0.255 e. The first kappa shape index (κ1) is 24.5. The van der Waals surface area contributed by atoms with E-state index in [9.17, 15) is 14.4 Å². The van der Waals surface area contributed by atoms with Crippen LogP contribution in [0.4, 0.5) is 5.69 Å². The molecule has 1 aliphatic rings. The lowest BCUT2D eigenvalue weighted by molar-refractivity contribution is -0.127. The van der Waals surface area contributed by atoms with Gasteiger partial charge in [0.25, 0.3) is 11.8 Å². The first-order chi connectivity index (χ1) is 16.9. The molecule has 180 valence electrons. The number of nitrogens with zero attached hydrogens (tertiary/aromatic N) is 1. The van der Waals surface area contributed by atoms with Crippen molar-refractivity contribution < 1.29 is 14.4 Å². The fourth-order valence-corrected chi connectivity index (χ4v) is 4.34. The van der Waals surface area contributed by atoms with Crippen LogP contribution in [0, 0.1) is 5.92 Å². The van der Waals surface area contributed by atoms with Crippen molar-refractivity contribution in [2.75, 3.05) is 18.4 Å². The molecule has 6 nitrogen and oxygen atoms in total. The van der Waals surface area contributed by atoms with E-state index in [0.29, 0.717) is 47.8 Å². The fraction of sp³-hybridized carbons (Fsp3) is 0.250. The second kappa shape index (κ2) is 11.2. The largest absolute Gasteiger partial charge is 0.349 e. The summed E-state index contributed by atoms with van der Waals surface area (Å²) in [5.74, 6) is -0.384. The summed E-state index contributed by atoms with van der Waals surface area (Å²) in [5.41, 5.74) is 2.76. The van der Waals surface area contributed by atoms with Crippen LogP contribution in [0.25, 0.3) is 0 Å². The van der Waals surface area contributed by atoms with Crippen LogP contribution in [0.1, 0.15) is 52.1 Å². The molecule has 2 N–H and O–H groups in total. The van der Waals surface area contributed by atoms with Gasteiger partial charge in [0.1, 0.15) is 0 Å². The minimum absolute atomic E-state index is 0.0187. The van der Waals surface area contributed by atoms with Crippen molar-refractivity contribution >= 4 is 35.0 Å². The van der Waals surface area contributed by atoms with Crippen molar-refractivity contribution in [3.8, 4) is 0 Å². The maximum absolute atomic E-state index is 12.9. The predicted molar refractivity (Wildman–Crippen MR) is 137 cm³/mol. The number of carbonyl (C=O) groups excluding carboxylic acids is 3. The molecular weight excluding hydrogens is 462 g/mol. The zero-order valence-corrected chi connectivity index (χ0v) is 20.3. The van der Waals surface area contributed by atoms with Crippen molar-refractivity contribution in [1.29, 1.82) is 0 Å². The summed E-state index contributed by atoms with van der Waals surface area (Å²) in [6.07, 6.45) is 1.23. The highest BCUT2D eigenvalue weighted by Crippen LogP contribution is 2.23. The molecule has 1 unspecified atom stereocenters. The number of benzene rings is 3. The topological polar surface area (TPSA) is 78.5 Å². The molecule has 35 heavy (non-hydrogen) atoms. The Labute approximate surface area is 210 Å². The number of rotatable bonds is 6. The summed E-state index contributed by atoms with van der Waals surface area (Å²) in [5, 5.41) is 6.59. The standard InChI is InChI=1S/C28H28ClN3O3/c1-19(23-8-5-9-25(18-23)31-27(34)20-6-3-2-4-7-20)30-26(33)21-14-16-32(17-15-21)28(35)22-10-12-24(29)13-11-22/h2-13,18-19,21H,14-17H2,1H3,(H,30,33)(H,31,34). The van der Waals surface area contributed by atoms with Crippen LogP contribution in [0.2, 0.25) is 5.02 Å². The van der Waals surface area contributed by atoms with E-state index in [0.717, 1.165) is 5.56 Å². The Bertz CT molecular complexity index is 1190. The average Bonchev–Trinajstić information content (AvgIpc) is 2.89. The number of hydrogen-bond acceptors (Lipinski definition) is 3. The number of amides is 3. The summed E-state index contributed by atoms with van der Waals surface area (Å²) < 4.78 is 0. The van der Waals surface area contributed by atoms with Crippen LogP contribution < -0.4 is 10.6 Å². The van der Waals surface area contributed by atoms with Crippen LogP contribution in [0.3, 0.4) is 0 Å². The highest BCUT2D eigenvalue weighted by molar-refractivity contribution is 6.30. The number of carbonyl (C=O) groups is 3. The quantitative estimate of drug-likeness (QED) is 0.491. The van der Waals surface area contributed by atoms with E-state index >= 15 is 0 Å². The molecule has 4 rings (SSSR count). The van der Waals surface area contributed by atoms with Crippen LogP contribution >= 0.6 is 11.6 Å². The van der Waals surface area contributed by atoms with E-state index in [1.165, 1.54) is 0 Å². The van der Waals surface area contributed by atoms with E-state index in [-0.39, 0.29) is 29.7 Å². The number of halogens is 1. The van der Waals surface area contributed by atoms with Gasteiger partial charge in [0.2, 0.25) is 5.91 Å². The Morgan fingerprint density at radius 3 is 2.26 bits per heavy atom. The van der Waals surface area contributed by atoms with E-state index in [1.54, 1.807) is 41.3 Å². The lowest BCUT2D eigenvalue weighted by atomic mass is 9.94. The van der Waals surface area contributed by atoms with Crippen molar-refractivity contribution in [2.45, 2.75) is 25.8 Å². The Kier molecular flexibility index (Phi) is 7.83. The average molecular weight is 490 g/mol. The van der Waals surface area contributed by atoms with Gasteiger partial charge in [-0.2, -0.15) is 0 Å². The Morgan fingerprint density at radius 2 is 1.57 bits per heavy atom. The number of likely N-dealkylation sites (tertiary alicyclic amines) is 1. The second-order valence-corrected chi connectivity index (χ2v) is 9.19. The first-order valence-corrected chi connectivity index (χ1v) is 12.1. The minimum atomic E-state index is -0.218. The number of piperidine rings is 1. The molecule has 1 saturated heterocycles. The highest BCUT2D eigenvalue weighted by Gasteiger charge is 2.28. The van der Waals surface area contributed by atoms with Gasteiger partial charge >= 0.3 is 0 Å². The van der Waals surface area contributed by atoms with Gasteiger partial charge in [-0.3, -0.25) is 14.4 Å². The third kappa shape index (κ3) is 6.28. The van der Waals surface area contributed by atoms with Crippen molar-refractivity contribution in [3.63, 3.8) is 0 Å². The minimum Gasteiger partial charge on any atom is -0.349 e. The monoisotopic (exact) mass is 489 g/mol. The first-order valence-electron chi connectivity index (χ1n) is 11.7. The third-order valence-electron chi connectivity index (χ3n) is 6.28. The van der Waals surface area contributed by atoms with Crippen LogP contribution in [-0.4, -0.2) is 35.7 Å². The lowest BCUT2D eigenvalue weighted by Gasteiger charge is -2.32. The van der Waals surface area contributed by atoms with Gasteiger partial charge < -0.3 is 15.5 Å². The molecule has 1 atom stereocenters. The van der Waals surface area contributed by atoms with Gasteiger partial charge in [0.15, 0.2) is 0 Å². The van der Waals surface area contributed by atoms with E-state index < -0.39 is 0 Å². The van der Waals surface area contributed by atoms with Crippen molar-refractivity contribution in [2.24, 2.45) is 5.92 Å². The Morgan fingerprint density at radius 1 is 0.886 bits per heavy atom. The molecule has 7 heteroatoms. The molecule has 0 aliphatic carbocycles. The molecule has 0 saturated carbocycles. The summed E-state index contributed by atoms with van der Waals surface area (Å²) >= 11 is 5.91. The number of nitrogens with one attached hydrogen (secondary N) is 2. The van der Waals surface area contributed by atoms with E-state index in [1.807, 2.05) is 49.4 Å². The Hall–Kier alpha value is -3.64. The molecule has 3 aromatic carbocycles. The summed E-state index contributed by atoms with van der Waals surface area (Å²) in [6, 6.07) is 23.2. The molecule has 0 bridgehead atoms. The van der Waals surface area contributed by atoms with Crippen LogP contribution in [0.15, 0.2) is 78.9 Å². The zero-order valence-electron chi connectivity index (χ0n) is 19.5. The number of hydrogen-bond donors (Lipinski definition) is 2. The van der Waals surface area contributed by atoms with Crippen LogP contribution in [-0.2, 0) is 4.79 Å². The van der Waals surface area contributed by atoms with Gasteiger partial charge in [-0.25, -0.2) is 0 Å². The maximum atomic E-state index is 12.9. The van der Waals surface area contributed by atoms with E-state index in [2.05, 4.69) is 10.6 Å². The Balaban J connectivity index is 1.30. The SMILES string of the molecule is CC(NC(=O)C1CCN(C(=O)c2ccc(Cl)cc2)CC1)c1cccc(NC(=O)c2ccccc2)c1. The molecule has 0 radical (unpaired) electrons. The molecule has 1 heterocycles. The normalized spacial score (nSPS) is 14.7.